The molecule has 0 aliphatic carbocycles. The zero-order valence-electron chi connectivity index (χ0n) is 11.1. The quantitative estimate of drug-likeness (QED) is 0.773. The van der Waals surface area contributed by atoms with Gasteiger partial charge in [0, 0.05) is 32.2 Å². The van der Waals surface area contributed by atoms with Crippen LogP contribution in [0.3, 0.4) is 0 Å². The Morgan fingerprint density at radius 1 is 1.28 bits per heavy atom. The first-order chi connectivity index (χ1) is 8.45. The Morgan fingerprint density at radius 3 is 2.44 bits per heavy atom. The second-order valence-corrected chi connectivity index (χ2v) is 7.11. The fourth-order valence-electron chi connectivity index (χ4n) is 2.82. The van der Waals surface area contributed by atoms with E-state index in [0.717, 1.165) is 12.8 Å². The molecule has 0 aromatic heterocycles. The van der Waals surface area contributed by atoms with Crippen molar-refractivity contribution in [2.75, 3.05) is 26.2 Å². The van der Waals surface area contributed by atoms with Crippen LogP contribution in [0.5, 0.6) is 0 Å². The van der Waals surface area contributed by atoms with Crippen molar-refractivity contribution < 1.29 is 13.2 Å². The van der Waals surface area contributed by atoms with Gasteiger partial charge >= 0.3 is 0 Å². The zero-order chi connectivity index (χ0) is 13.3. The molecule has 2 N–H and O–H groups in total. The minimum atomic E-state index is -3.38. The van der Waals surface area contributed by atoms with Crippen molar-refractivity contribution >= 4 is 10.2 Å². The predicted molar refractivity (Wildman–Crippen MR) is 69.3 cm³/mol. The second kappa shape index (κ2) is 5.42. The van der Waals surface area contributed by atoms with E-state index in [1.165, 1.54) is 0 Å². The van der Waals surface area contributed by atoms with Gasteiger partial charge in [0.2, 0.25) is 0 Å². The third-order valence-electron chi connectivity index (χ3n) is 3.60. The number of hydrogen-bond donors (Lipinski definition) is 1. The van der Waals surface area contributed by atoms with E-state index in [2.05, 4.69) is 0 Å². The summed E-state index contributed by atoms with van der Waals surface area (Å²) in [7, 11) is -3.38. The minimum Gasteiger partial charge on any atom is -0.373 e. The first-order valence-electron chi connectivity index (χ1n) is 6.57. The molecule has 0 saturated carbocycles. The molecule has 7 heteroatoms. The standard InChI is InChI=1S/C11H23N3O3S/c1-9-7-13(8-10(2)17-9)18(15,16)14-5-3-4-11(14)6-12/h9-11H,3-8,12H2,1-2H3/t9-,10-,11-/m1/s1. The largest absolute Gasteiger partial charge is 0.373 e. The topological polar surface area (TPSA) is 75.9 Å². The van der Waals surface area contributed by atoms with E-state index < -0.39 is 10.2 Å². The van der Waals surface area contributed by atoms with Gasteiger partial charge in [-0.15, -0.1) is 0 Å². The first-order valence-corrected chi connectivity index (χ1v) is 7.97. The second-order valence-electron chi connectivity index (χ2n) is 5.22. The van der Waals surface area contributed by atoms with Crippen LogP contribution in [-0.4, -0.2) is 61.5 Å². The molecule has 2 aliphatic rings. The molecule has 0 aromatic rings. The van der Waals surface area contributed by atoms with Gasteiger partial charge in [-0.05, 0) is 26.7 Å². The van der Waals surface area contributed by atoms with Gasteiger partial charge in [0.25, 0.3) is 10.2 Å². The molecule has 3 atom stereocenters. The number of nitrogens with zero attached hydrogens (tertiary/aromatic N) is 2. The highest BCUT2D eigenvalue weighted by atomic mass is 32.2. The van der Waals surface area contributed by atoms with Crippen LogP contribution in [0.15, 0.2) is 0 Å². The molecular weight excluding hydrogens is 254 g/mol. The molecule has 0 amide bonds. The molecule has 2 heterocycles. The van der Waals surface area contributed by atoms with Crippen molar-refractivity contribution in [2.24, 2.45) is 5.73 Å². The maximum absolute atomic E-state index is 12.6. The molecular formula is C11H23N3O3S. The van der Waals surface area contributed by atoms with Crippen molar-refractivity contribution in [3.05, 3.63) is 0 Å². The van der Waals surface area contributed by atoms with Crippen LogP contribution in [0.1, 0.15) is 26.7 Å². The van der Waals surface area contributed by atoms with Crippen LogP contribution in [0.4, 0.5) is 0 Å². The van der Waals surface area contributed by atoms with E-state index in [0.29, 0.717) is 26.2 Å². The fourth-order valence-corrected chi connectivity index (χ4v) is 4.84. The van der Waals surface area contributed by atoms with Crippen LogP contribution < -0.4 is 5.73 Å². The number of rotatable bonds is 3. The summed E-state index contributed by atoms with van der Waals surface area (Å²) in [6.07, 6.45) is 1.66. The lowest BCUT2D eigenvalue weighted by molar-refractivity contribution is -0.0455. The third kappa shape index (κ3) is 2.70. The van der Waals surface area contributed by atoms with Crippen molar-refractivity contribution in [1.82, 2.24) is 8.61 Å². The Morgan fingerprint density at radius 2 is 1.89 bits per heavy atom. The Balaban J connectivity index is 2.15. The molecule has 2 saturated heterocycles. The van der Waals surface area contributed by atoms with Crippen molar-refractivity contribution in [2.45, 2.75) is 44.9 Å². The maximum atomic E-state index is 12.6. The monoisotopic (exact) mass is 277 g/mol. The van der Waals surface area contributed by atoms with Gasteiger partial charge in [0.1, 0.15) is 0 Å². The molecule has 106 valence electrons. The molecule has 6 nitrogen and oxygen atoms in total. The van der Waals surface area contributed by atoms with Gasteiger partial charge in [-0.25, -0.2) is 0 Å². The summed E-state index contributed by atoms with van der Waals surface area (Å²) in [5.74, 6) is 0. The molecule has 0 aromatic carbocycles. The summed E-state index contributed by atoms with van der Waals surface area (Å²) in [5.41, 5.74) is 5.66. The molecule has 0 spiro atoms. The lowest BCUT2D eigenvalue weighted by Gasteiger charge is -2.37. The van der Waals surface area contributed by atoms with Crippen molar-refractivity contribution in [3.63, 3.8) is 0 Å². The average Bonchev–Trinajstić information content (AvgIpc) is 2.76. The molecule has 2 aliphatic heterocycles. The summed E-state index contributed by atoms with van der Waals surface area (Å²) < 4.78 is 33.9. The number of ether oxygens (including phenoxy) is 1. The van der Waals surface area contributed by atoms with Crippen LogP contribution in [-0.2, 0) is 14.9 Å². The Hall–Kier alpha value is -0.210. The van der Waals surface area contributed by atoms with Gasteiger partial charge in [-0.2, -0.15) is 17.0 Å². The summed E-state index contributed by atoms with van der Waals surface area (Å²) in [5, 5.41) is 0. The van der Waals surface area contributed by atoms with Crippen LogP contribution in [0.2, 0.25) is 0 Å². The minimum absolute atomic E-state index is 0.0385. The molecule has 2 rings (SSSR count). The molecule has 2 fully saturated rings. The summed E-state index contributed by atoms with van der Waals surface area (Å²) in [6, 6.07) is -0.0385. The third-order valence-corrected chi connectivity index (χ3v) is 5.63. The Labute approximate surface area is 109 Å². The highest BCUT2D eigenvalue weighted by Gasteiger charge is 2.40. The van der Waals surface area contributed by atoms with Gasteiger partial charge < -0.3 is 10.5 Å². The molecule has 0 bridgehead atoms. The summed E-state index contributed by atoms with van der Waals surface area (Å²) >= 11 is 0. The fraction of sp³-hybridized carbons (Fsp3) is 1.00. The number of morpholine rings is 1. The summed E-state index contributed by atoms with van der Waals surface area (Å²) in [6.45, 7) is 5.66. The zero-order valence-corrected chi connectivity index (χ0v) is 11.9. The van der Waals surface area contributed by atoms with Crippen LogP contribution in [0.25, 0.3) is 0 Å². The van der Waals surface area contributed by atoms with E-state index in [-0.39, 0.29) is 18.2 Å². The van der Waals surface area contributed by atoms with Crippen molar-refractivity contribution in [1.29, 1.82) is 0 Å². The summed E-state index contributed by atoms with van der Waals surface area (Å²) in [4.78, 5) is 0. The highest BCUT2D eigenvalue weighted by Crippen LogP contribution is 2.25. The van der Waals surface area contributed by atoms with E-state index in [4.69, 9.17) is 10.5 Å². The van der Waals surface area contributed by atoms with E-state index in [9.17, 15) is 8.42 Å². The Kier molecular flexibility index (Phi) is 4.28. The number of nitrogens with two attached hydrogens (primary N) is 1. The Bertz CT molecular complexity index is 377. The van der Waals surface area contributed by atoms with Gasteiger partial charge in [0.15, 0.2) is 0 Å². The SMILES string of the molecule is C[C@@H]1CN(S(=O)(=O)N2CCC[C@@H]2CN)C[C@@H](C)O1. The van der Waals surface area contributed by atoms with Crippen LogP contribution >= 0.6 is 0 Å². The maximum Gasteiger partial charge on any atom is 0.282 e. The van der Waals surface area contributed by atoms with Crippen molar-refractivity contribution in [3.8, 4) is 0 Å². The van der Waals surface area contributed by atoms with Gasteiger partial charge in [-0.1, -0.05) is 0 Å². The highest BCUT2D eigenvalue weighted by molar-refractivity contribution is 7.86. The molecule has 0 radical (unpaired) electrons. The van der Waals surface area contributed by atoms with Gasteiger partial charge in [0.05, 0.1) is 12.2 Å². The van der Waals surface area contributed by atoms with E-state index in [1.54, 1.807) is 8.61 Å². The smallest absolute Gasteiger partial charge is 0.282 e. The normalized spacial score (nSPS) is 36.1. The van der Waals surface area contributed by atoms with Crippen LogP contribution in [0, 0.1) is 0 Å². The number of hydrogen-bond acceptors (Lipinski definition) is 4. The average molecular weight is 277 g/mol. The first kappa shape index (κ1) is 14.2. The van der Waals surface area contributed by atoms with E-state index >= 15 is 0 Å². The predicted octanol–water partition coefficient (Wildman–Crippen LogP) is -0.236. The molecule has 18 heavy (non-hydrogen) atoms. The lowest BCUT2D eigenvalue weighted by Crippen LogP contribution is -2.54. The molecule has 0 unspecified atom stereocenters. The van der Waals surface area contributed by atoms with Gasteiger partial charge in [-0.3, -0.25) is 0 Å². The lowest BCUT2D eigenvalue weighted by atomic mass is 10.2. The van der Waals surface area contributed by atoms with E-state index in [1.807, 2.05) is 13.8 Å².